The number of nitrogens with zero attached hydrogens (tertiary/aromatic N) is 1. The van der Waals surface area contributed by atoms with Crippen LogP contribution in [0, 0.1) is 0 Å². The first kappa shape index (κ1) is 29.1. The van der Waals surface area contributed by atoms with Crippen LogP contribution < -0.4 is 20.1 Å². The van der Waals surface area contributed by atoms with Gasteiger partial charge in [-0.15, -0.1) is 0 Å². The minimum absolute atomic E-state index is 0.0114. The summed E-state index contributed by atoms with van der Waals surface area (Å²) < 4.78 is 16.8. The van der Waals surface area contributed by atoms with Crippen molar-refractivity contribution in [1.29, 1.82) is 0 Å². The second-order valence-electron chi connectivity index (χ2n) is 10.3. The molecule has 0 radical (unpaired) electrons. The van der Waals surface area contributed by atoms with E-state index in [4.69, 9.17) is 14.2 Å². The molecule has 0 saturated carbocycles. The second-order valence-corrected chi connectivity index (χ2v) is 10.3. The Bertz CT molecular complexity index is 1560. The van der Waals surface area contributed by atoms with Crippen molar-refractivity contribution in [2.24, 2.45) is 0 Å². The van der Waals surface area contributed by atoms with Crippen molar-refractivity contribution in [1.82, 2.24) is 15.6 Å². The van der Waals surface area contributed by atoms with Crippen LogP contribution in [0.4, 0.5) is 4.79 Å². The maximum absolute atomic E-state index is 13.2. The number of aromatic nitrogens is 1. The number of amides is 2. The van der Waals surface area contributed by atoms with E-state index in [0.717, 1.165) is 10.8 Å². The third-order valence-corrected chi connectivity index (χ3v) is 5.89. The summed E-state index contributed by atoms with van der Waals surface area (Å²) >= 11 is 0. The van der Waals surface area contributed by atoms with E-state index in [0.29, 0.717) is 35.2 Å². The molecule has 0 aliphatic rings. The van der Waals surface area contributed by atoms with Crippen molar-refractivity contribution in [2.75, 3.05) is 26.3 Å². The van der Waals surface area contributed by atoms with E-state index in [9.17, 15) is 19.5 Å². The number of pyridine rings is 1. The molecular formula is C31H33N3O7. The van der Waals surface area contributed by atoms with Crippen molar-refractivity contribution < 1.29 is 33.7 Å². The largest absolute Gasteiger partial charge is 0.493 e. The van der Waals surface area contributed by atoms with Gasteiger partial charge in [0, 0.05) is 11.9 Å². The van der Waals surface area contributed by atoms with Crippen LogP contribution in [-0.4, -0.2) is 60.0 Å². The number of ether oxygens (including phenoxy) is 3. The lowest BCUT2D eigenvalue weighted by atomic mass is 10.1. The van der Waals surface area contributed by atoms with Crippen LogP contribution in [-0.2, 0) is 4.74 Å². The summed E-state index contributed by atoms with van der Waals surface area (Å²) in [5.74, 6) is -1.13. The number of aromatic carboxylic acids is 1. The molecule has 3 aromatic carbocycles. The zero-order chi connectivity index (χ0) is 29.4. The summed E-state index contributed by atoms with van der Waals surface area (Å²) in [4.78, 5) is 41.0. The molecule has 0 fully saturated rings. The Morgan fingerprint density at radius 2 is 1.46 bits per heavy atom. The quantitative estimate of drug-likeness (QED) is 0.214. The Hall–Kier alpha value is -4.86. The van der Waals surface area contributed by atoms with E-state index in [1.54, 1.807) is 57.2 Å². The molecule has 10 nitrogen and oxygen atoms in total. The molecule has 0 saturated heterocycles. The van der Waals surface area contributed by atoms with Gasteiger partial charge in [0.2, 0.25) is 5.88 Å². The van der Waals surface area contributed by atoms with E-state index in [1.807, 2.05) is 24.3 Å². The molecule has 0 unspecified atom stereocenters. The number of hydrogen-bond donors (Lipinski definition) is 3. The zero-order valence-corrected chi connectivity index (χ0v) is 23.2. The number of fused-ring (bicyclic) bond motifs is 2. The highest BCUT2D eigenvalue weighted by molar-refractivity contribution is 6.01. The van der Waals surface area contributed by atoms with Gasteiger partial charge >= 0.3 is 12.1 Å². The molecule has 214 valence electrons. The highest BCUT2D eigenvalue weighted by Gasteiger charge is 2.18. The van der Waals surface area contributed by atoms with Crippen molar-refractivity contribution in [3.8, 4) is 11.6 Å². The topological polar surface area (TPSA) is 136 Å². The summed E-state index contributed by atoms with van der Waals surface area (Å²) in [7, 11) is 0. The van der Waals surface area contributed by atoms with E-state index in [1.165, 1.54) is 6.07 Å². The molecule has 1 aromatic heterocycles. The predicted octanol–water partition coefficient (Wildman–Crippen LogP) is 5.19. The first-order valence-corrected chi connectivity index (χ1v) is 13.3. The van der Waals surface area contributed by atoms with E-state index < -0.39 is 17.7 Å². The molecule has 0 bridgehead atoms. The number of rotatable bonds is 11. The van der Waals surface area contributed by atoms with Crippen molar-refractivity contribution in [3.63, 3.8) is 0 Å². The normalized spacial score (nSPS) is 11.2. The third-order valence-electron chi connectivity index (χ3n) is 5.89. The second kappa shape index (κ2) is 13.0. The Morgan fingerprint density at radius 3 is 2.17 bits per heavy atom. The van der Waals surface area contributed by atoms with Gasteiger partial charge in [0.15, 0.2) is 0 Å². The summed E-state index contributed by atoms with van der Waals surface area (Å²) in [6, 6.07) is 19.9. The number of nitrogens with one attached hydrogen (secondary N) is 2. The summed E-state index contributed by atoms with van der Waals surface area (Å²) in [6.07, 6.45) is 0.00546. The van der Waals surface area contributed by atoms with Crippen LogP contribution in [0.15, 0.2) is 66.7 Å². The lowest BCUT2D eigenvalue weighted by Crippen LogP contribution is -2.33. The average molecular weight is 560 g/mol. The Balaban J connectivity index is 1.37. The van der Waals surface area contributed by atoms with Gasteiger partial charge in [-0.25, -0.2) is 14.6 Å². The molecule has 0 aliphatic carbocycles. The first-order chi connectivity index (χ1) is 19.6. The molecule has 0 aliphatic heterocycles. The van der Waals surface area contributed by atoms with Gasteiger partial charge in [-0.2, -0.15) is 0 Å². The molecule has 4 rings (SSSR count). The van der Waals surface area contributed by atoms with Gasteiger partial charge in [-0.3, -0.25) is 4.79 Å². The molecule has 3 N–H and O–H groups in total. The Morgan fingerprint density at radius 1 is 0.805 bits per heavy atom. The van der Waals surface area contributed by atoms with E-state index in [2.05, 4.69) is 15.6 Å². The molecule has 0 spiro atoms. The molecule has 1 heterocycles. The van der Waals surface area contributed by atoms with Crippen molar-refractivity contribution in [2.45, 2.75) is 32.8 Å². The van der Waals surface area contributed by atoms with Crippen LogP contribution in [0.1, 0.15) is 47.9 Å². The maximum atomic E-state index is 13.2. The van der Waals surface area contributed by atoms with Crippen LogP contribution >= 0.6 is 0 Å². The smallest absolute Gasteiger partial charge is 0.407 e. The monoisotopic (exact) mass is 559 g/mol. The standard InChI is InChI=1S/C31H33N3O7/c1-31(2,3)41-30(38)33-13-8-15-39-26-19-21-10-5-4-9-20(21)17-23(26)27(35)32-14-16-40-28-24(29(36)37)18-22-11-6-7-12-25(22)34-28/h4-7,9-12,17-19H,8,13-16H2,1-3H3,(H,32,35)(H,33,38)(H,36,37). The van der Waals surface area contributed by atoms with Gasteiger partial charge < -0.3 is 30.0 Å². The highest BCUT2D eigenvalue weighted by atomic mass is 16.6. The van der Waals surface area contributed by atoms with E-state index >= 15 is 0 Å². The number of hydrogen-bond acceptors (Lipinski definition) is 7. The van der Waals surface area contributed by atoms with E-state index in [-0.39, 0.29) is 37.1 Å². The third kappa shape index (κ3) is 8.07. The van der Waals surface area contributed by atoms with Gasteiger partial charge in [0.05, 0.1) is 24.2 Å². The van der Waals surface area contributed by atoms with Crippen LogP contribution in [0.5, 0.6) is 11.6 Å². The maximum Gasteiger partial charge on any atom is 0.407 e. The van der Waals surface area contributed by atoms with Crippen molar-refractivity contribution >= 4 is 39.6 Å². The number of carboxylic acids is 1. The summed E-state index contributed by atoms with van der Waals surface area (Å²) in [5, 5.41) is 17.6. The fourth-order valence-corrected chi connectivity index (χ4v) is 4.04. The molecule has 41 heavy (non-hydrogen) atoms. The Kier molecular flexibility index (Phi) is 9.23. The first-order valence-electron chi connectivity index (χ1n) is 13.3. The van der Waals surface area contributed by atoms with Gasteiger partial charge in [0.1, 0.15) is 23.5 Å². The minimum Gasteiger partial charge on any atom is -0.493 e. The number of benzene rings is 3. The van der Waals surface area contributed by atoms with Gasteiger partial charge in [0.25, 0.3) is 5.91 Å². The number of carbonyl (C=O) groups excluding carboxylic acids is 2. The molecule has 0 atom stereocenters. The lowest BCUT2D eigenvalue weighted by Gasteiger charge is -2.19. The molecule has 4 aromatic rings. The van der Waals surface area contributed by atoms with Crippen LogP contribution in [0.3, 0.4) is 0 Å². The lowest BCUT2D eigenvalue weighted by molar-refractivity contribution is 0.0524. The zero-order valence-electron chi connectivity index (χ0n) is 23.2. The van der Waals surface area contributed by atoms with Crippen LogP contribution in [0.25, 0.3) is 21.7 Å². The SMILES string of the molecule is CC(C)(C)OC(=O)NCCCOc1cc2ccccc2cc1C(=O)NCCOc1nc2ccccc2cc1C(=O)O. The number of para-hydroxylation sites is 1. The molecule has 2 amide bonds. The number of carbonyl (C=O) groups is 3. The van der Waals surface area contributed by atoms with Gasteiger partial charge in [-0.1, -0.05) is 42.5 Å². The minimum atomic E-state index is -1.15. The predicted molar refractivity (Wildman–Crippen MR) is 155 cm³/mol. The summed E-state index contributed by atoms with van der Waals surface area (Å²) in [5.41, 5.74) is 0.319. The van der Waals surface area contributed by atoms with Gasteiger partial charge in [-0.05, 0) is 62.2 Å². The van der Waals surface area contributed by atoms with Crippen LogP contribution in [0.2, 0.25) is 0 Å². The Labute approximate surface area is 237 Å². The fraction of sp³-hybridized carbons (Fsp3) is 0.290. The molecule has 10 heteroatoms. The number of carboxylic acid groups (broad SMARTS) is 1. The fourth-order valence-electron chi connectivity index (χ4n) is 4.04. The number of alkyl carbamates (subject to hydrolysis) is 1. The summed E-state index contributed by atoms with van der Waals surface area (Å²) in [6.45, 7) is 6.12. The molecular weight excluding hydrogens is 526 g/mol. The highest BCUT2D eigenvalue weighted by Crippen LogP contribution is 2.27. The van der Waals surface area contributed by atoms with Crippen molar-refractivity contribution in [3.05, 3.63) is 77.9 Å². The average Bonchev–Trinajstić information content (AvgIpc) is 2.93.